The van der Waals surface area contributed by atoms with Gasteiger partial charge in [-0.05, 0) is 23.3 Å². The molecule has 0 spiro atoms. The first kappa shape index (κ1) is 14.0. The van der Waals surface area contributed by atoms with Crippen LogP contribution in [-0.4, -0.2) is 19.6 Å². The molecule has 2 nitrogen and oxygen atoms in total. The van der Waals surface area contributed by atoms with Crippen molar-refractivity contribution in [3.8, 4) is 0 Å². The van der Waals surface area contributed by atoms with Gasteiger partial charge in [-0.15, -0.1) is 0 Å². The topological polar surface area (TPSA) is 38.0 Å². The van der Waals surface area contributed by atoms with E-state index in [9.17, 15) is 0 Å². The molecule has 0 radical (unpaired) electrons. The lowest BCUT2D eigenvalue weighted by Gasteiger charge is -2.26. The summed E-state index contributed by atoms with van der Waals surface area (Å²) in [4.78, 5) is 0. The first-order chi connectivity index (χ1) is 9.03. The molecule has 102 valence electrons. The Balaban J connectivity index is 2.26. The van der Waals surface area contributed by atoms with Crippen LogP contribution in [0, 0.1) is 6.92 Å². The highest BCUT2D eigenvalue weighted by molar-refractivity contribution is 5.84. The van der Waals surface area contributed by atoms with Crippen molar-refractivity contribution >= 4 is 10.8 Å². The fourth-order valence-electron chi connectivity index (χ4n) is 2.39. The molecule has 2 aromatic rings. The van der Waals surface area contributed by atoms with Gasteiger partial charge in [0.15, 0.2) is 0 Å². The van der Waals surface area contributed by atoms with Crippen LogP contribution < -0.4 is 11.1 Å². The summed E-state index contributed by atoms with van der Waals surface area (Å²) in [5, 5.41) is 6.04. The second kappa shape index (κ2) is 5.72. The highest BCUT2D eigenvalue weighted by atomic mass is 14.9. The third-order valence-corrected chi connectivity index (χ3v) is 3.67. The van der Waals surface area contributed by atoms with Crippen molar-refractivity contribution in [1.29, 1.82) is 0 Å². The fraction of sp³-hybridized carbons (Fsp3) is 0.412. The van der Waals surface area contributed by atoms with Gasteiger partial charge in [0.1, 0.15) is 0 Å². The molecule has 0 aliphatic heterocycles. The minimum atomic E-state index is 0.119. The number of nitrogens with one attached hydrogen (secondary N) is 1. The van der Waals surface area contributed by atoms with Gasteiger partial charge in [0.05, 0.1) is 0 Å². The molecule has 0 amide bonds. The minimum Gasteiger partial charge on any atom is -0.329 e. The van der Waals surface area contributed by atoms with Gasteiger partial charge < -0.3 is 11.1 Å². The maximum absolute atomic E-state index is 5.52. The Kier molecular flexibility index (Phi) is 4.23. The summed E-state index contributed by atoms with van der Waals surface area (Å²) in [6.07, 6.45) is 0. The third-order valence-electron chi connectivity index (χ3n) is 3.67. The van der Waals surface area contributed by atoms with Gasteiger partial charge in [-0.2, -0.15) is 0 Å². The molecule has 2 rings (SSSR count). The molecule has 2 heteroatoms. The molecule has 0 unspecified atom stereocenters. The molecule has 0 saturated carbocycles. The normalized spacial score (nSPS) is 12.0. The summed E-state index contributed by atoms with van der Waals surface area (Å²) in [6, 6.07) is 13.4. The zero-order chi connectivity index (χ0) is 13.9. The standard InChI is InChI=1S/C17H24N2/c1-13-4-5-15-11-16(7-6-14(15)10-13)17(2,3)12-19-9-8-18/h4-7,10-11,19H,8-9,12,18H2,1-3H3. The second-order valence-electron chi connectivity index (χ2n) is 5.91. The fourth-order valence-corrected chi connectivity index (χ4v) is 2.39. The molecule has 0 bridgehead atoms. The second-order valence-corrected chi connectivity index (χ2v) is 5.91. The molecule has 3 N–H and O–H groups in total. The molecule has 0 aliphatic rings. The van der Waals surface area contributed by atoms with Crippen LogP contribution in [0.15, 0.2) is 36.4 Å². The SMILES string of the molecule is Cc1ccc2cc(C(C)(C)CNCCN)ccc2c1. The number of hydrogen-bond acceptors (Lipinski definition) is 2. The van der Waals surface area contributed by atoms with Crippen molar-refractivity contribution in [3.05, 3.63) is 47.5 Å². The first-order valence-corrected chi connectivity index (χ1v) is 6.94. The van der Waals surface area contributed by atoms with E-state index in [1.165, 1.54) is 21.9 Å². The van der Waals surface area contributed by atoms with Gasteiger partial charge in [0, 0.05) is 25.0 Å². The van der Waals surface area contributed by atoms with E-state index in [1.807, 2.05) is 0 Å². The lowest BCUT2D eigenvalue weighted by molar-refractivity contribution is 0.474. The number of rotatable bonds is 5. The third kappa shape index (κ3) is 3.34. The number of aryl methyl sites for hydroxylation is 1. The van der Waals surface area contributed by atoms with Crippen LogP contribution in [0.3, 0.4) is 0 Å². The molecular formula is C17H24N2. The quantitative estimate of drug-likeness (QED) is 0.807. The largest absolute Gasteiger partial charge is 0.329 e. The van der Waals surface area contributed by atoms with Crippen LogP contribution in [-0.2, 0) is 5.41 Å². The van der Waals surface area contributed by atoms with E-state index in [0.717, 1.165) is 13.1 Å². The predicted molar refractivity (Wildman–Crippen MR) is 83.6 cm³/mol. The van der Waals surface area contributed by atoms with E-state index in [1.54, 1.807) is 0 Å². The smallest absolute Gasteiger partial charge is 0.00748 e. The molecule has 0 fully saturated rings. The monoisotopic (exact) mass is 256 g/mol. The average molecular weight is 256 g/mol. The molecule has 0 saturated heterocycles. The van der Waals surface area contributed by atoms with Gasteiger partial charge in [0.2, 0.25) is 0 Å². The number of benzene rings is 2. The van der Waals surface area contributed by atoms with Crippen LogP contribution in [0.25, 0.3) is 10.8 Å². The summed E-state index contributed by atoms with van der Waals surface area (Å²) in [5.41, 5.74) is 8.32. The Morgan fingerprint density at radius 3 is 2.47 bits per heavy atom. The van der Waals surface area contributed by atoms with Crippen molar-refractivity contribution in [2.24, 2.45) is 5.73 Å². The summed E-state index contributed by atoms with van der Waals surface area (Å²) in [6.45, 7) is 9.18. The van der Waals surface area contributed by atoms with Crippen LogP contribution in [0.4, 0.5) is 0 Å². The zero-order valence-corrected chi connectivity index (χ0v) is 12.2. The van der Waals surface area contributed by atoms with E-state index in [0.29, 0.717) is 6.54 Å². The Morgan fingerprint density at radius 1 is 1.05 bits per heavy atom. The summed E-state index contributed by atoms with van der Waals surface area (Å²) in [5.74, 6) is 0. The maximum Gasteiger partial charge on any atom is 0.00748 e. The van der Waals surface area contributed by atoms with Crippen LogP contribution in [0.5, 0.6) is 0 Å². The van der Waals surface area contributed by atoms with Gasteiger partial charge >= 0.3 is 0 Å². The van der Waals surface area contributed by atoms with Gasteiger partial charge in [-0.25, -0.2) is 0 Å². The van der Waals surface area contributed by atoms with Crippen molar-refractivity contribution in [2.75, 3.05) is 19.6 Å². The number of fused-ring (bicyclic) bond motifs is 1. The lowest BCUT2D eigenvalue weighted by atomic mass is 9.83. The summed E-state index contributed by atoms with van der Waals surface area (Å²) < 4.78 is 0. The predicted octanol–water partition coefficient (Wildman–Crippen LogP) is 2.97. The van der Waals surface area contributed by atoms with Gasteiger partial charge in [0.25, 0.3) is 0 Å². The van der Waals surface area contributed by atoms with Crippen molar-refractivity contribution < 1.29 is 0 Å². The van der Waals surface area contributed by atoms with Crippen LogP contribution >= 0.6 is 0 Å². The minimum absolute atomic E-state index is 0.119. The van der Waals surface area contributed by atoms with E-state index >= 15 is 0 Å². The number of nitrogens with two attached hydrogens (primary N) is 1. The Morgan fingerprint density at radius 2 is 1.74 bits per heavy atom. The Labute approximate surface area is 116 Å². The van der Waals surface area contributed by atoms with E-state index in [2.05, 4.69) is 62.5 Å². The molecule has 0 aromatic heterocycles. The average Bonchev–Trinajstić information content (AvgIpc) is 2.38. The summed E-state index contributed by atoms with van der Waals surface area (Å²) in [7, 11) is 0. The molecule has 19 heavy (non-hydrogen) atoms. The molecule has 0 aliphatic carbocycles. The Bertz CT molecular complexity index is 558. The van der Waals surface area contributed by atoms with Crippen molar-refractivity contribution in [3.63, 3.8) is 0 Å². The molecule has 0 heterocycles. The van der Waals surface area contributed by atoms with E-state index in [4.69, 9.17) is 5.73 Å². The molecular weight excluding hydrogens is 232 g/mol. The number of hydrogen-bond donors (Lipinski definition) is 2. The van der Waals surface area contributed by atoms with E-state index < -0.39 is 0 Å². The lowest BCUT2D eigenvalue weighted by Crippen LogP contribution is -2.35. The van der Waals surface area contributed by atoms with Crippen molar-refractivity contribution in [2.45, 2.75) is 26.2 Å². The maximum atomic E-state index is 5.52. The van der Waals surface area contributed by atoms with Gasteiger partial charge in [-0.1, -0.05) is 55.8 Å². The van der Waals surface area contributed by atoms with Gasteiger partial charge in [-0.3, -0.25) is 0 Å². The zero-order valence-electron chi connectivity index (χ0n) is 12.2. The van der Waals surface area contributed by atoms with Crippen molar-refractivity contribution in [1.82, 2.24) is 5.32 Å². The van der Waals surface area contributed by atoms with Crippen LogP contribution in [0.2, 0.25) is 0 Å². The molecule has 0 atom stereocenters. The highest BCUT2D eigenvalue weighted by Crippen LogP contribution is 2.26. The molecule has 2 aromatic carbocycles. The summed E-state index contributed by atoms with van der Waals surface area (Å²) >= 11 is 0. The van der Waals surface area contributed by atoms with E-state index in [-0.39, 0.29) is 5.41 Å². The Hall–Kier alpha value is -1.38. The first-order valence-electron chi connectivity index (χ1n) is 6.94. The highest BCUT2D eigenvalue weighted by Gasteiger charge is 2.20. The van der Waals surface area contributed by atoms with Crippen LogP contribution in [0.1, 0.15) is 25.0 Å².